The molecule has 6 nitrogen and oxygen atoms in total. The Morgan fingerprint density at radius 2 is 2.26 bits per heavy atom. The van der Waals surface area contributed by atoms with Crippen LogP contribution in [0.4, 0.5) is 0 Å². The SMILES string of the molecule is CCC[C@H]1COC[C@H]2CN(C(=O)CCc3cnccn3)CCN12. The lowest BCUT2D eigenvalue weighted by Crippen LogP contribution is -2.62. The maximum Gasteiger partial charge on any atom is 0.223 e. The summed E-state index contributed by atoms with van der Waals surface area (Å²) in [5.41, 5.74) is 0.878. The van der Waals surface area contributed by atoms with E-state index < -0.39 is 0 Å². The summed E-state index contributed by atoms with van der Waals surface area (Å²) < 4.78 is 5.76. The molecule has 2 saturated heterocycles. The molecule has 126 valence electrons. The number of hydrogen-bond donors (Lipinski definition) is 0. The van der Waals surface area contributed by atoms with Crippen molar-refractivity contribution in [1.82, 2.24) is 19.8 Å². The predicted molar refractivity (Wildman–Crippen MR) is 86.9 cm³/mol. The smallest absolute Gasteiger partial charge is 0.223 e. The molecule has 3 heterocycles. The number of fused-ring (bicyclic) bond motifs is 1. The van der Waals surface area contributed by atoms with Gasteiger partial charge in [0.05, 0.1) is 24.9 Å². The number of ether oxygens (including phenoxy) is 1. The Kier molecular flexibility index (Phi) is 5.56. The number of amides is 1. The molecule has 0 aromatic carbocycles. The molecule has 2 aliphatic heterocycles. The van der Waals surface area contributed by atoms with E-state index in [2.05, 4.69) is 21.8 Å². The van der Waals surface area contributed by atoms with Gasteiger partial charge in [-0.15, -0.1) is 0 Å². The fourth-order valence-electron chi connectivity index (χ4n) is 3.60. The van der Waals surface area contributed by atoms with Gasteiger partial charge in [-0.1, -0.05) is 13.3 Å². The Labute approximate surface area is 137 Å². The number of nitrogens with zero attached hydrogens (tertiary/aromatic N) is 4. The van der Waals surface area contributed by atoms with E-state index in [1.165, 1.54) is 12.8 Å². The van der Waals surface area contributed by atoms with E-state index >= 15 is 0 Å². The van der Waals surface area contributed by atoms with E-state index in [0.29, 0.717) is 24.9 Å². The van der Waals surface area contributed by atoms with Crippen LogP contribution in [0.1, 0.15) is 31.9 Å². The molecule has 23 heavy (non-hydrogen) atoms. The normalized spacial score (nSPS) is 25.2. The average Bonchev–Trinajstić information content (AvgIpc) is 2.60. The topological polar surface area (TPSA) is 58.6 Å². The van der Waals surface area contributed by atoms with E-state index in [4.69, 9.17) is 4.74 Å². The van der Waals surface area contributed by atoms with Crippen molar-refractivity contribution in [2.45, 2.75) is 44.7 Å². The molecule has 0 aliphatic carbocycles. The summed E-state index contributed by atoms with van der Waals surface area (Å²) in [5.74, 6) is 0.216. The van der Waals surface area contributed by atoms with Gasteiger partial charge in [0.25, 0.3) is 0 Å². The van der Waals surface area contributed by atoms with Crippen molar-refractivity contribution in [3.63, 3.8) is 0 Å². The maximum absolute atomic E-state index is 12.5. The number of carbonyl (C=O) groups excluding carboxylic acids is 1. The second-order valence-corrected chi connectivity index (χ2v) is 6.41. The van der Waals surface area contributed by atoms with Gasteiger partial charge in [-0.3, -0.25) is 19.7 Å². The molecule has 3 rings (SSSR count). The van der Waals surface area contributed by atoms with Gasteiger partial charge in [0.2, 0.25) is 5.91 Å². The van der Waals surface area contributed by atoms with Crippen LogP contribution in [0.25, 0.3) is 0 Å². The number of carbonyl (C=O) groups is 1. The molecule has 0 N–H and O–H groups in total. The summed E-state index contributed by atoms with van der Waals surface area (Å²) in [6.07, 6.45) is 8.58. The molecule has 0 radical (unpaired) electrons. The first-order valence-electron chi connectivity index (χ1n) is 8.64. The second kappa shape index (κ2) is 7.84. The molecule has 2 aliphatic rings. The maximum atomic E-state index is 12.5. The van der Waals surface area contributed by atoms with Crippen molar-refractivity contribution >= 4 is 5.91 Å². The Morgan fingerprint density at radius 1 is 1.35 bits per heavy atom. The molecule has 2 atom stereocenters. The summed E-state index contributed by atoms with van der Waals surface area (Å²) in [7, 11) is 0. The van der Waals surface area contributed by atoms with E-state index in [1.54, 1.807) is 18.6 Å². The summed E-state index contributed by atoms with van der Waals surface area (Å²) in [6.45, 7) is 6.39. The summed E-state index contributed by atoms with van der Waals surface area (Å²) in [5, 5.41) is 0. The van der Waals surface area contributed by atoms with Crippen LogP contribution in [-0.4, -0.2) is 70.6 Å². The minimum absolute atomic E-state index is 0.216. The van der Waals surface area contributed by atoms with Crippen LogP contribution in [0, 0.1) is 0 Å². The Hall–Kier alpha value is -1.53. The molecule has 6 heteroatoms. The largest absolute Gasteiger partial charge is 0.378 e. The van der Waals surface area contributed by atoms with Gasteiger partial charge in [0, 0.05) is 50.7 Å². The van der Waals surface area contributed by atoms with Crippen molar-refractivity contribution in [2.24, 2.45) is 0 Å². The van der Waals surface area contributed by atoms with Crippen molar-refractivity contribution in [1.29, 1.82) is 0 Å². The fourth-order valence-corrected chi connectivity index (χ4v) is 3.60. The molecule has 1 aromatic rings. The fraction of sp³-hybridized carbons (Fsp3) is 0.706. The van der Waals surface area contributed by atoms with Gasteiger partial charge in [0.1, 0.15) is 0 Å². The number of aromatic nitrogens is 2. The number of piperazine rings is 1. The van der Waals surface area contributed by atoms with Gasteiger partial charge >= 0.3 is 0 Å². The predicted octanol–water partition coefficient (Wildman–Crippen LogP) is 1.12. The van der Waals surface area contributed by atoms with Crippen molar-refractivity contribution in [2.75, 3.05) is 32.8 Å². The standard InChI is InChI=1S/C17H26N4O2/c1-2-3-15-12-23-13-16-11-20(8-9-21(15)16)17(22)5-4-14-10-18-6-7-19-14/h6-7,10,15-16H,2-5,8-9,11-13H2,1H3/t15-,16+/m0/s1. The van der Waals surface area contributed by atoms with Gasteiger partial charge in [-0.05, 0) is 12.8 Å². The molecule has 0 spiro atoms. The molecule has 0 unspecified atom stereocenters. The zero-order chi connectivity index (χ0) is 16.1. The van der Waals surface area contributed by atoms with Crippen LogP contribution < -0.4 is 0 Å². The quantitative estimate of drug-likeness (QED) is 0.814. The third-order valence-electron chi connectivity index (χ3n) is 4.80. The van der Waals surface area contributed by atoms with Crippen molar-refractivity contribution in [3.05, 3.63) is 24.3 Å². The number of aryl methyl sites for hydroxylation is 1. The van der Waals surface area contributed by atoms with Gasteiger partial charge in [-0.2, -0.15) is 0 Å². The molecule has 0 bridgehead atoms. The highest BCUT2D eigenvalue weighted by Gasteiger charge is 2.36. The first-order chi connectivity index (χ1) is 11.3. The van der Waals surface area contributed by atoms with E-state index in [1.807, 2.05) is 4.90 Å². The first kappa shape index (κ1) is 16.3. The molecule has 1 amide bonds. The van der Waals surface area contributed by atoms with Crippen molar-refractivity contribution < 1.29 is 9.53 Å². The monoisotopic (exact) mass is 318 g/mol. The van der Waals surface area contributed by atoms with Crippen LogP contribution in [-0.2, 0) is 16.0 Å². The third-order valence-corrected chi connectivity index (χ3v) is 4.80. The summed E-state index contributed by atoms with van der Waals surface area (Å²) in [4.78, 5) is 25.3. The lowest BCUT2D eigenvalue weighted by atomic mass is 10.0. The van der Waals surface area contributed by atoms with Gasteiger partial charge in [0.15, 0.2) is 0 Å². The molecule has 2 fully saturated rings. The molecule has 0 saturated carbocycles. The highest BCUT2D eigenvalue weighted by molar-refractivity contribution is 5.76. The van der Waals surface area contributed by atoms with Crippen LogP contribution in [0.15, 0.2) is 18.6 Å². The average molecular weight is 318 g/mol. The molecular weight excluding hydrogens is 292 g/mol. The highest BCUT2D eigenvalue weighted by Crippen LogP contribution is 2.22. The van der Waals surface area contributed by atoms with Gasteiger partial charge < -0.3 is 9.64 Å². The molecule has 1 aromatic heterocycles. The second-order valence-electron chi connectivity index (χ2n) is 6.41. The number of morpholine rings is 1. The Bertz CT molecular complexity index is 509. The highest BCUT2D eigenvalue weighted by atomic mass is 16.5. The van der Waals surface area contributed by atoms with Crippen LogP contribution in [0.5, 0.6) is 0 Å². The van der Waals surface area contributed by atoms with Gasteiger partial charge in [-0.25, -0.2) is 0 Å². The lowest BCUT2D eigenvalue weighted by molar-refractivity contribution is -0.140. The number of rotatable bonds is 5. The zero-order valence-electron chi connectivity index (χ0n) is 13.9. The Balaban J connectivity index is 1.51. The van der Waals surface area contributed by atoms with E-state index in [0.717, 1.165) is 38.5 Å². The lowest BCUT2D eigenvalue weighted by Gasteiger charge is -2.48. The van der Waals surface area contributed by atoms with E-state index in [9.17, 15) is 4.79 Å². The Morgan fingerprint density at radius 3 is 3.04 bits per heavy atom. The van der Waals surface area contributed by atoms with E-state index in [-0.39, 0.29) is 5.91 Å². The first-order valence-corrected chi connectivity index (χ1v) is 8.64. The minimum Gasteiger partial charge on any atom is -0.378 e. The third kappa shape index (κ3) is 4.06. The molecular formula is C17H26N4O2. The summed E-state index contributed by atoms with van der Waals surface area (Å²) in [6, 6.07) is 0.880. The zero-order valence-corrected chi connectivity index (χ0v) is 13.9. The number of hydrogen-bond acceptors (Lipinski definition) is 5. The van der Waals surface area contributed by atoms with Crippen molar-refractivity contribution in [3.8, 4) is 0 Å². The van der Waals surface area contributed by atoms with Crippen LogP contribution in [0.3, 0.4) is 0 Å². The minimum atomic E-state index is 0.216. The van der Waals surface area contributed by atoms with Crippen LogP contribution >= 0.6 is 0 Å². The summed E-state index contributed by atoms with van der Waals surface area (Å²) >= 11 is 0. The van der Waals surface area contributed by atoms with Crippen LogP contribution in [0.2, 0.25) is 0 Å².